The van der Waals surface area contributed by atoms with E-state index in [0.29, 0.717) is 31.8 Å². The van der Waals surface area contributed by atoms with Crippen LogP contribution < -0.4 is 10.1 Å². The van der Waals surface area contributed by atoms with E-state index >= 15 is 0 Å². The molecule has 21 heavy (non-hydrogen) atoms. The van der Waals surface area contributed by atoms with Gasteiger partial charge in [-0.05, 0) is 25.0 Å². The molecule has 0 atom stereocenters. The van der Waals surface area contributed by atoms with Crippen molar-refractivity contribution in [3.8, 4) is 5.75 Å². The van der Waals surface area contributed by atoms with E-state index in [9.17, 15) is 14.3 Å². The number of carbonyl (C=O) groups excluding carboxylic acids is 1. The maximum absolute atomic E-state index is 13.0. The van der Waals surface area contributed by atoms with E-state index in [1.54, 1.807) is 12.1 Å². The Kier molecular flexibility index (Phi) is 5.52. The van der Waals surface area contributed by atoms with Crippen molar-refractivity contribution >= 4 is 5.91 Å². The Morgan fingerprint density at radius 2 is 2.19 bits per heavy atom. The van der Waals surface area contributed by atoms with Gasteiger partial charge in [-0.1, -0.05) is 6.07 Å². The van der Waals surface area contributed by atoms with E-state index in [1.807, 2.05) is 0 Å². The lowest BCUT2D eigenvalue weighted by Gasteiger charge is -2.36. The van der Waals surface area contributed by atoms with Gasteiger partial charge in [0.1, 0.15) is 11.6 Å². The van der Waals surface area contributed by atoms with Crippen LogP contribution in [0.2, 0.25) is 0 Å². The molecule has 1 amide bonds. The lowest BCUT2D eigenvalue weighted by Crippen LogP contribution is -2.54. The monoisotopic (exact) mass is 297 g/mol. The minimum absolute atomic E-state index is 0.104. The van der Waals surface area contributed by atoms with Crippen LogP contribution in [0.1, 0.15) is 19.3 Å². The number of nitrogens with one attached hydrogen (secondary N) is 1. The van der Waals surface area contributed by atoms with Gasteiger partial charge in [-0.3, -0.25) is 4.79 Å². The molecule has 0 aliphatic carbocycles. The molecular formula is C15H20FNO4. The number of hydrogen-bond donors (Lipinski definition) is 2. The highest BCUT2D eigenvalue weighted by Crippen LogP contribution is 2.20. The summed E-state index contributed by atoms with van der Waals surface area (Å²) < 4.78 is 23.5. The van der Waals surface area contributed by atoms with Crippen molar-refractivity contribution < 1.29 is 23.8 Å². The van der Waals surface area contributed by atoms with Crippen LogP contribution in [0.5, 0.6) is 5.75 Å². The van der Waals surface area contributed by atoms with E-state index < -0.39 is 5.54 Å². The zero-order valence-corrected chi connectivity index (χ0v) is 11.8. The first-order chi connectivity index (χ1) is 10.1. The molecule has 0 unspecified atom stereocenters. The van der Waals surface area contributed by atoms with Crippen LogP contribution in [0.25, 0.3) is 0 Å². The number of carbonyl (C=O) groups is 1. The third-order valence-corrected chi connectivity index (χ3v) is 3.55. The van der Waals surface area contributed by atoms with Crippen LogP contribution in [0.3, 0.4) is 0 Å². The quantitative estimate of drug-likeness (QED) is 0.829. The first-order valence-corrected chi connectivity index (χ1v) is 7.02. The molecule has 6 heteroatoms. The second kappa shape index (κ2) is 7.38. The van der Waals surface area contributed by atoms with Crippen molar-refractivity contribution in [1.82, 2.24) is 5.32 Å². The summed E-state index contributed by atoms with van der Waals surface area (Å²) >= 11 is 0. The van der Waals surface area contributed by atoms with E-state index in [0.717, 1.165) is 0 Å². The van der Waals surface area contributed by atoms with E-state index in [1.165, 1.54) is 12.1 Å². The molecule has 1 aliphatic heterocycles. The van der Waals surface area contributed by atoms with Crippen LogP contribution >= 0.6 is 0 Å². The molecule has 0 aromatic heterocycles. The number of aliphatic hydroxyl groups excluding tert-OH is 1. The molecule has 2 N–H and O–H groups in total. The van der Waals surface area contributed by atoms with Crippen LogP contribution in [0, 0.1) is 5.82 Å². The van der Waals surface area contributed by atoms with E-state index in [2.05, 4.69) is 5.32 Å². The van der Waals surface area contributed by atoms with Gasteiger partial charge in [0.25, 0.3) is 0 Å². The molecule has 1 aliphatic rings. The summed E-state index contributed by atoms with van der Waals surface area (Å²) in [7, 11) is 0. The highest BCUT2D eigenvalue weighted by atomic mass is 19.1. The Bertz CT molecular complexity index is 474. The minimum atomic E-state index is -0.589. The standard InChI is InChI=1S/C15H20FNO4/c16-12-2-1-3-13(10-12)21-7-4-14(19)17-15(11-18)5-8-20-9-6-15/h1-3,10,18H,4-9,11H2,(H,17,19). The summed E-state index contributed by atoms with van der Waals surface area (Å²) in [5.74, 6) is -0.175. The van der Waals surface area contributed by atoms with E-state index in [4.69, 9.17) is 9.47 Å². The van der Waals surface area contributed by atoms with Crippen molar-refractivity contribution in [3.05, 3.63) is 30.1 Å². The lowest BCUT2D eigenvalue weighted by atomic mass is 9.91. The van der Waals surface area contributed by atoms with Crippen molar-refractivity contribution in [2.24, 2.45) is 0 Å². The van der Waals surface area contributed by atoms with Gasteiger partial charge in [-0.15, -0.1) is 0 Å². The molecule has 0 bridgehead atoms. The summed E-state index contributed by atoms with van der Waals surface area (Å²) in [6.07, 6.45) is 1.35. The zero-order valence-electron chi connectivity index (χ0n) is 11.8. The molecule has 1 aromatic rings. The van der Waals surface area contributed by atoms with Crippen molar-refractivity contribution in [2.75, 3.05) is 26.4 Å². The van der Waals surface area contributed by atoms with Gasteiger partial charge < -0.3 is 19.9 Å². The largest absolute Gasteiger partial charge is 0.493 e. The smallest absolute Gasteiger partial charge is 0.223 e. The fourth-order valence-electron chi connectivity index (χ4n) is 2.26. The first-order valence-electron chi connectivity index (χ1n) is 7.02. The molecule has 1 fully saturated rings. The fourth-order valence-corrected chi connectivity index (χ4v) is 2.26. The fraction of sp³-hybridized carbons (Fsp3) is 0.533. The molecule has 1 saturated heterocycles. The second-order valence-electron chi connectivity index (χ2n) is 5.15. The Balaban J connectivity index is 1.76. The summed E-state index contributed by atoms with van der Waals surface area (Å²) in [5, 5.41) is 12.3. The predicted octanol–water partition coefficient (Wildman–Crippen LogP) is 1.25. The summed E-state index contributed by atoms with van der Waals surface area (Å²) in [5.41, 5.74) is -0.589. The number of rotatable bonds is 6. The molecule has 2 rings (SSSR count). The lowest BCUT2D eigenvalue weighted by molar-refractivity contribution is -0.125. The number of halogens is 1. The van der Waals surface area contributed by atoms with Gasteiger partial charge in [0.05, 0.1) is 25.2 Å². The molecule has 0 spiro atoms. The molecular weight excluding hydrogens is 277 g/mol. The van der Waals surface area contributed by atoms with E-state index in [-0.39, 0.29) is 31.4 Å². The maximum atomic E-state index is 13.0. The Labute approximate surface area is 123 Å². The van der Waals surface area contributed by atoms with Gasteiger partial charge >= 0.3 is 0 Å². The van der Waals surface area contributed by atoms with Crippen molar-refractivity contribution in [2.45, 2.75) is 24.8 Å². The Morgan fingerprint density at radius 3 is 2.86 bits per heavy atom. The van der Waals surface area contributed by atoms with Gasteiger partial charge in [0, 0.05) is 19.3 Å². The van der Waals surface area contributed by atoms with Crippen molar-refractivity contribution in [1.29, 1.82) is 0 Å². The average molecular weight is 297 g/mol. The molecule has 0 radical (unpaired) electrons. The SMILES string of the molecule is O=C(CCOc1cccc(F)c1)NC1(CO)CCOCC1. The summed E-state index contributed by atoms with van der Waals surface area (Å²) in [6, 6.07) is 5.78. The van der Waals surface area contributed by atoms with Crippen LogP contribution in [-0.4, -0.2) is 43.0 Å². The Hall–Kier alpha value is -1.66. The summed E-state index contributed by atoms with van der Waals surface area (Å²) in [6.45, 7) is 1.11. The average Bonchev–Trinajstić information content (AvgIpc) is 2.48. The number of amides is 1. The van der Waals surface area contributed by atoms with Crippen molar-refractivity contribution in [3.63, 3.8) is 0 Å². The van der Waals surface area contributed by atoms with Gasteiger partial charge in [-0.2, -0.15) is 0 Å². The first kappa shape index (κ1) is 15.7. The number of aliphatic hydroxyl groups is 1. The van der Waals surface area contributed by atoms with Crippen LogP contribution in [0.4, 0.5) is 4.39 Å². The van der Waals surface area contributed by atoms with Gasteiger partial charge in [0.15, 0.2) is 0 Å². The zero-order chi connectivity index (χ0) is 15.1. The molecule has 0 saturated carbocycles. The maximum Gasteiger partial charge on any atom is 0.223 e. The molecule has 1 aromatic carbocycles. The highest BCUT2D eigenvalue weighted by Gasteiger charge is 2.33. The molecule has 116 valence electrons. The highest BCUT2D eigenvalue weighted by molar-refractivity contribution is 5.77. The number of ether oxygens (including phenoxy) is 2. The molecule has 5 nitrogen and oxygen atoms in total. The van der Waals surface area contributed by atoms with Crippen LogP contribution in [-0.2, 0) is 9.53 Å². The number of benzene rings is 1. The van der Waals surface area contributed by atoms with Gasteiger partial charge in [-0.25, -0.2) is 4.39 Å². The predicted molar refractivity (Wildman–Crippen MR) is 74.5 cm³/mol. The summed E-state index contributed by atoms with van der Waals surface area (Å²) in [4.78, 5) is 11.9. The second-order valence-corrected chi connectivity index (χ2v) is 5.15. The third kappa shape index (κ3) is 4.68. The van der Waals surface area contributed by atoms with Gasteiger partial charge in [0.2, 0.25) is 5.91 Å². The third-order valence-electron chi connectivity index (χ3n) is 3.55. The topological polar surface area (TPSA) is 67.8 Å². The Morgan fingerprint density at radius 1 is 1.43 bits per heavy atom. The molecule has 1 heterocycles. The minimum Gasteiger partial charge on any atom is -0.493 e. The van der Waals surface area contributed by atoms with Crippen LogP contribution in [0.15, 0.2) is 24.3 Å². The normalized spacial score (nSPS) is 17.2. The number of hydrogen-bond acceptors (Lipinski definition) is 4.